The predicted octanol–water partition coefficient (Wildman–Crippen LogP) is 0.134. The number of ether oxygens (including phenoxy) is 5. The van der Waals surface area contributed by atoms with Gasteiger partial charge in [0.05, 0.1) is 12.5 Å². The molecule has 9 heteroatoms. The topological polar surface area (TPSA) is 114 Å². The third kappa shape index (κ3) is 2.56. The molecular formula is C17H22O9. The Hall–Kier alpha value is -2.16. The molecule has 5 unspecified atom stereocenters. The first-order chi connectivity index (χ1) is 12.2. The largest absolute Gasteiger partial charge is 0.468 e. The van der Waals surface area contributed by atoms with Crippen molar-refractivity contribution in [3.8, 4) is 0 Å². The van der Waals surface area contributed by atoms with Crippen LogP contribution in [0.15, 0.2) is 0 Å². The molecule has 2 bridgehead atoms. The SMILES string of the molecule is CCC(C)(C)C(=O)OCC(=O)OC1C2CC3(C(=O)OC)C(=O)OC1C3O2. The van der Waals surface area contributed by atoms with Gasteiger partial charge in [-0.1, -0.05) is 6.92 Å². The third-order valence-corrected chi connectivity index (χ3v) is 5.50. The van der Waals surface area contributed by atoms with E-state index >= 15 is 0 Å². The Morgan fingerprint density at radius 1 is 1.31 bits per heavy atom. The minimum atomic E-state index is -1.48. The summed E-state index contributed by atoms with van der Waals surface area (Å²) >= 11 is 0. The number of carbonyl (C=O) groups is 4. The van der Waals surface area contributed by atoms with Crippen LogP contribution in [-0.4, -0.2) is 62.0 Å². The van der Waals surface area contributed by atoms with E-state index in [0.29, 0.717) is 6.42 Å². The van der Waals surface area contributed by atoms with Crippen molar-refractivity contribution in [3.63, 3.8) is 0 Å². The molecule has 9 nitrogen and oxygen atoms in total. The van der Waals surface area contributed by atoms with E-state index in [1.54, 1.807) is 13.8 Å². The van der Waals surface area contributed by atoms with Crippen LogP contribution in [0.4, 0.5) is 0 Å². The number of rotatable bonds is 6. The molecule has 0 aromatic rings. The van der Waals surface area contributed by atoms with Gasteiger partial charge in [-0.05, 0) is 20.3 Å². The average molecular weight is 370 g/mol. The summed E-state index contributed by atoms with van der Waals surface area (Å²) in [4.78, 5) is 48.2. The lowest BCUT2D eigenvalue weighted by Crippen LogP contribution is -2.49. The highest BCUT2D eigenvalue weighted by atomic mass is 16.7. The maximum atomic E-state index is 12.2. The van der Waals surface area contributed by atoms with Crippen LogP contribution in [0.5, 0.6) is 0 Å². The van der Waals surface area contributed by atoms with Gasteiger partial charge in [-0.2, -0.15) is 0 Å². The van der Waals surface area contributed by atoms with E-state index < -0.39 is 65.7 Å². The summed E-state index contributed by atoms with van der Waals surface area (Å²) in [5.41, 5.74) is -2.18. The summed E-state index contributed by atoms with van der Waals surface area (Å²) in [5.74, 6) is -2.70. The van der Waals surface area contributed by atoms with Gasteiger partial charge in [0, 0.05) is 6.42 Å². The van der Waals surface area contributed by atoms with E-state index in [2.05, 4.69) is 0 Å². The summed E-state index contributed by atoms with van der Waals surface area (Å²) in [6.45, 7) is 4.73. The number of hydrogen-bond acceptors (Lipinski definition) is 9. The molecule has 0 N–H and O–H groups in total. The van der Waals surface area contributed by atoms with Crippen molar-refractivity contribution >= 4 is 23.9 Å². The minimum Gasteiger partial charge on any atom is -0.468 e. The second-order valence-electron chi connectivity index (χ2n) is 7.40. The first-order valence-electron chi connectivity index (χ1n) is 8.49. The van der Waals surface area contributed by atoms with E-state index in [9.17, 15) is 19.2 Å². The summed E-state index contributed by atoms with van der Waals surface area (Å²) in [6, 6.07) is 0. The Bertz CT molecular complexity index is 655. The van der Waals surface area contributed by atoms with Gasteiger partial charge in [0.15, 0.2) is 24.2 Å². The number of esters is 4. The molecule has 3 saturated heterocycles. The molecule has 144 valence electrons. The van der Waals surface area contributed by atoms with Crippen molar-refractivity contribution in [3.05, 3.63) is 0 Å². The first-order valence-corrected chi connectivity index (χ1v) is 8.49. The highest BCUT2D eigenvalue weighted by Crippen LogP contribution is 2.55. The van der Waals surface area contributed by atoms with Gasteiger partial charge in [0.1, 0.15) is 12.2 Å². The molecule has 0 amide bonds. The number of fused-ring (bicyclic) bond motifs is 1. The Morgan fingerprint density at radius 2 is 2.00 bits per heavy atom. The van der Waals surface area contributed by atoms with Crippen LogP contribution in [0, 0.1) is 10.8 Å². The van der Waals surface area contributed by atoms with Gasteiger partial charge in [0.2, 0.25) is 0 Å². The monoisotopic (exact) mass is 370 g/mol. The van der Waals surface area contributed by atoms with E-state index in [-0.39, 0.29) is 6.42 Å². The van der Waals surface area contributed by atoms with Crippen LogP contribution >= 0.6 is 0 Å². The zero-order valence-corrected chi connectivity index (χ0v) is 15.1. The molecule has 0 spiro atoms. The van der Waals surface area contributed by atoms with Crippen molar-refractivity contribution in [2.75, 3.05) is 13.7 Å². The maximum Gasteiger partial charge on any atom is 0.344 e. The van der Waals surface area contributed by atoms with Crippen LogP contribution in [0.25, 0.3) is 0 Å². The molecule has 3 aliphatic heterocycles. The molecule has 3 aliphatic rings. The Labute approximate surface area is 150 Å². The molecule has 0 aromatic heterocycles. The second kappa shape index (κ2) is 6.22. The summed E-state index contributed by atoms with van der Waals surface area (Å²) < 4.78 is 25.9. The lowest BCUT2D eigenvalue weighted by atomic mass is 9.74. The summed E-state index contributed by atoms with van der Waals surface area (Å²) in [7, 11) is 1.19. The fraction of sp³-hybridized carbons (Fsp3) is 0.765. The molecule has 0 saturated carbocycles. The standard InChI is InChI=1S/C17H22O9/c1-5-16(2,3)13(19)23-7-9(18)25-10-8-6-17(14(20)22-4)12(24-8)11(10)26-15(17)21/h8,10-12H,5-7H2,1-4H3. The van der Waals surface area contributed by atoms with Gasteiger partial charge < -0.3 is 23.7 Å². The van der Waals surface area contributed by atoms with Crippen LogP contribution in [0.2, 0.25) is 0 Å². The minimum absolute atomic E-state index is 0.0280. The molecule has 3 fully saturated rings. The van der Waals surface area contributed by atoms with Crippen molar-refractivity contribution in [2.45, 2.75) is 58.0 Å². The zero-order valence-electron chi connectivity index (χ0n) is 15.1. The maximum absolute atomic E-state index is 12.2. The van der Waals surface area contributed by atoms with Crippen LogP contribution in [0.1, 0.15) is 33.6 Å². The van der Waals surface area contributed by atoms with Crippen molar-refractivity contribution in [1.29, 1.82) is 0 Å². The Morgan fingerprint density at radius 3 is 2.62 bits per heavy atom. The highest BCUT2D eigenvalue weighted by molar-refractivity contribution is 6.03. The third-order valence-electron chi connectivity index (χ3n) is 5.50. The zero-order chi connectivity index (χ0) is 19.3. The van der Waals surface area contributed by atoms with E-state index in [1.807, 2.05) is 6.92 Å². The molecule has 5 atom stereocenters. The Balaban J connectivity index is 1.61. The number of hydrogen-bond donors (Lipinski definition) is 0. The van der Waals surface area contributed by atoms with Crippen LogP contribution in [-0.2, 0) is 42.9 Å². The van der Waals surface area contributed by atoms with E-state index in [0.717, 1.165) is 0 Å². The number of methoxy groups -OCH3 is 1. The number of carbonyl (C=O) groups excluding carboxylic acids is 4. The summed E-state index contributed by atoms with van der Waals surface area (Å²) in [5, 5.41) is 0. The summed E-state index contributed by atoms with van der Waals surface area (Å²) in [6.07, 6.45) is -2.61. The Kier molecular flexibility index (Phi) is 4.46. The fourth-order valence-corrected chi connectivity index (χ4v) is 3.54. The van der Waals surface area contributed by atoms with Crippen molar-refractivity contribution in [1.82, 2.24) is 0 Å². The quantitative estimate of drug-likeness (QED) is 0.366. The predicted molar refractivity (Wildman–Crippen MR) is 82.5 cm³/mol. The lowest BCUT2D eigenvalue weighted by Gasteiger charge is -2.26. The van der Waals surface area contributed by atoms with Gasteiger partial charge in [0.25, 0.3) is 0 Å². The second-order valence-corrected chi connectivity index (χ2v) is 7.40. The van der Waals surface area contributed by atoms with Crippen LogP contribution in [0.3, 0.4) is 0 Å². The molecule has 0 aliphatic carbocycles. The van der Waals surface area contributed by atoms with E-state index in [1.165, 1.54) is 7.11 Å². The molecule has 3 heterocycles. The lowest BCUT2D eigenvalue weighted by molar-refractivity contribution is -0.172. The normalized spacial score (nSPS) is 34.4. The molecular weight excluding hydrogens is 348 g/mol. The van der Waals surface area contributed by atoms with Gasteiger partial charge >= 0.3 is 23.9 Å². The fourth-order valence-electron chi connectivity index (χ4n) is 3.54. The smallest absolute Gasteiger partial charge is 0.344 e. The van der Waals surface area contributed by atoms with Gasteiger partial charge in [-0.3, -0.25) is 14.4 Å². The molecule has 0 radical (unpaired) electrons. The van der Waals surface area contributed by atoms with Gasteiger partial charge in [-0.25, -0.2) is 4.79 Å². The van der Waals surface area contributed by atoms with Crippen LogP contribution < -0.4 is 0 Å². The molecule has 3 rings (SSSR count). The molecule has 26 heavy (non-hydrogen) atoms. The van der Waals surface area contributed by atoms with Gasteiger partial charge in [-0.15, -0.1) is 0 Å². The first kappa shape index (κ1) is 18.6. The molecule has 0 aromatic carbocycles. The van der Waals surface area contributed by atoms with Crippen molar-refractivity contribution in [2.24, 2.45) is 10.8 Å². The van der Waals surface area contributed by atoms with E-state index in [4.69, 9.17) is 23.7 Å². The van der Waals surface area contributed by atoms with Crippen molar-refractivity contribution < 1.29 is 42.9 Å². The highest BCUT2D eigenvalue weighted by Gasteiger charge is 2.77. The average Bonchev–Trinajstić information content (AvgIpc) is 3.21.